The van der Waals surface area contributed by atoms with Crippen LogP contribution < -0.4 is 5.32 Å². The third-order valence-electron chi connectivity index (χ3n) is 3.01. The van der Waals surface area contributed by atoms with E-state index in [2.05, 4.69) is 5.32 Å². The van der Waals surface area contributed by atoms with Gasteiger partial charge in [0, 0.05) is 0 Å². The summed E-state index contributed by atoms with van der Waals surface area (Å²) in [5, 5.41) is 3.17. The zero-order valence-electron chi connectivity index (χ0n) is 10.1. The summed E-state index contributed by atoms with van der Waals surface area (Å²) in [4.78, 5) is 23.1. The van der Waals surface area contributed by atoms with Crippen molar-refractivity contribution in [2.24, 2.45) is 5.92 Å². The molecule has 0 aliphatic heterocycles. The Kier molecular flexibility index (Phi) is 4.66. The number of esters is 1. The Labute approximate surface area is 121 Å². The summed E-state index contributed by atoms with van der Waals surface area (Å²) < 4.78 is 4.92. The molecular formula is C13H13Cl2NO3. The monoisotopic (exact) mass is 301 g/mol. The summed E-state index contributed by atoms with van der Waals surface area (Å²) in [5.74, 6) is -0.780. The van der Waals surface area contributed by atoms with Gasteiger partial charge < -0.3 is 10.1 Å². The molecule has 1 aliphatic carbocycles. The van der Waals surface area contributed by atoms with Gasteiger partial charge in [0.2, 0.25) is 0 Å². The molecule has 0 heterocycles. The molecule has 4 nitrogen and oxygen atoms in total. The Morgan fingerprint density at radius 1 is 1.32 bits per heavy atom. The molecule has 0 bridgehead atoms. The van der Waals surface area contributed by atoms with Crippen molar-refractivity contribution in [1.29, 1.82) is 0 Å². The van der Waals surface area contributed by atoms with Crippen molar-refractivity contribution >= 4 is 40.8 Å². The third-order valence-corrected chi connectivity index (χ3v) is 3.83. The van der Waals surface area contributed by atoms with Crippen molar-refractivity contribution in [3.05, 3.63) is 28.2 Å². The first-order chi connectivity index (χ1) is 9.08. The Bertz CT molecular complexity index is 501. The number of hydrogen-bond donors (Lipinski definition) is 1. The van der Waals surface area contributed by atoms with Crippen molar-refractivity contribution in [2.75, 3.05) is 11.9 Å². The lowest BCUT2D eigenvalue weighted by Crippen LogP contribution is -2.28. The van der Waals surface area contributed by atoms with Crippen LogP contribution in [0.25, 0.3) is 0 Å². The number of ether oxygens (including phenoxy) is 1. The van der Waals surface area contributed by atoms with Crippen LogP contribution in [0.3, 0.4) is 0 Å². The minimum atomic E-state index is -0.433. The number of benzene rings is 1. The van der Waals surface area contributed by atoms with Gasteiger partial charge in [-0.3, -0.25) is 9.59 Å². The van der Waals surface area contributed by atoms with Crippen LogP contribution in [0, 0.1) is 5.92 Å². The molecule has 1 aromatic rings. The number of carbonyl (C=O) groups excluding carboxylic acids is 2. The molecule has 1 amide bonds. The Morgan fingerprint density at radius 3 is 2.68 bits per heavy atom. The van der Waals surface area contributed by atoms with Crippen LogP contribution in [-0.2, 0) is 14.3 Å². The topological polar surface area (TPSA) is 55.4 Å². The second-order valence-corrected chi connectivity index (χ2v) is 5.17. The summed E-state index contributed by atoms with van der Waals surface area (Å²) in [6.45, 7) is -0.307. The lowest BCUT2D eigenvalue weighted by atomic mass is 9.86. The van der Waals surface area contributed by atoms with Gasteiger partial charge in [0.05, 0.1) is 21.7 Å². The van der Waals surface area contributed by atoms with E-state index in [9.17, 15) is 9.59 Å². The minimum Gasteiger partial charge on any atom is -0.455 e. The van der Waals surface area contributed by atoms with Gasteiger partial charge in [0.15, 0.2) is 6.61 Å². The molecule has 1 N–H and O–H groups in total. The van der Waals surface area contributed by atoms with Gasteiger partial charge in [-0.2, -0.15) is 0 Å². The maximum atomic E-state index is 11.6. The number of halogens is 2. The van der Waals surface area contributed by atoms with E-state index >= 15 is 0 Å². The molecule has 1 aliphatic rings. The number of carbonyl (C=O) groups is 2. The molecule has 0 atom stereocenters. The van der Waals surface area contributed by atoms with Crippen molar-refractivity contribution in [3.63, 3.8) is 0 Å². The molecular weight excluding hydrogens is 289 g/mol. The molecule has 1 aromatic carbocycles. The molecule has 0 aromatic heterocycles. The van der Waals surface area contributed by atoms with Crippen LogP contribution in [-0.4, -0.2) is 18.5 Å². The maximum Gasteiger partial charge on any atom is 0.309 e. The summed E-state index contributed by atoms with van der Waals surface area (Å²) in [6, 6.07) is 4.92. The highest BCUT2D eigenvalue weighted by Crippen LogP contribution is 2.29. The van der Waals surface area contributed by atoms with Crippen molar-refractivity contribution in [1.82, 2.24) is 0 Å². The predicted octanol–water partition coefficient (Wildman–Crippen LogP) is 3.28. The average molecular weight is 302 g/mol. The zero-order valence-corrected chi connectivity index (χ0v) is 11.6. The van der Waals surface area contributed by atoms with E-state index < -0.39 is 5.91 Å². The quantitative estimate of drug-likeness (QED) is 0.868. The lowest BCUT2D eigenvalue weighted by molar-refractivity contribution is -0.154. The molecule has 2 rings (SSSR count). The standard InChI is InChI=1S/C13H13Cl2NO3/c14-9-5-2-6-10(12(9)15)16-11(17)7-19-13(18)8-3-1-4-8/h2,5-6,8H,1,3-4,7H2,(H,16,17). The SMILES string of the molecule is O=C(COC(=O)C1CCC1)Nc1cccc(Cl)c1Cl. The van der Waals surface area contributed by atoms with Gasteiger partial charge in [-0.15, -0.1) is 0 Å². The van der Waals surface area contributed by atoms with Crippen LogP contribution in [0.15, 0.2) is 18.2 Å². The van der Waals surface area contributed by atoms with Gasteiger partial charge in [-0.1, -0.05) is 35.7 Å². The number of hydrogen-bond acceptors (Lipinski definition) is 3. The van der Waals surface area contributed by atoms with Gasteiger partial charge in [0.25, 0.3) is 5.91 Å². The molecule has 0 radical (unpaired) electrons. The first-order valence-electron chi connectivity index (χ1n) is 5.98. The van der Waals surface area contributed by atoms with E-state index in [-0.39, 0.29) is 23.5 Å². The molecule has 1 fully saturated rings. The average Bonchev–Trinajstić information content (AvgIpc) is 2.30. The highest BCUT2D eigenvalue weighted by Gasteiger charge is 2.27. The van der Waals surface area contributed by atoms with Gasteiger partial charge in [-0.25, -0.2) is 0 Å². The number of rotatable bonds is 4. The molecule has 1 saturated carbocycles. The van der Waals surface area contributed by atoms with Crippen LogP contribution >= 0.6 is 23.2 Å². The largest absolute Gasteiger partial charge is 0.455 e. The maximum absolute atomic E-state index is 11.6. The third kappa shape index (κ3) is 3.61. The molecule has 0 spiro atoms. The van der Waals surface area contributed by atoms with E-state index in [1.54, 1.807) is 18.2 Å². The lowest BCUT2D eigenvalue weighted by Gasteiger charge is -2.22. The summed E-state index contributed by atoms with van der Waals surface area (Å²) in [7, 11) is 0. The second kappa shape index (κ2) is 6.26. The predicted molar refractivity (Wildman–Crippen MR) is 73.4 cm³/mol. The van der Waals surface area contributed by atoms with E-state index in [0.29, 0.717) is 10.7 Å². The van der Waals surface area contributed by atoms with Crippen LogP contribution in [0.5, 0.6) is 0 Å². The second-order valence-electron chi connectivity index (χ2n) is 4.39. The van der Waals surface area contributed by atoms with E-state index in [4.69, 9.17) is 27.9 Å². The van der Waals surface area contributed by atoms with Crippen LogP contribution in [0.1, 0.15) is 19.3 Å². The molecule has 0 saturated heterocycles. The highest BCUT2D eigenvalue weighted by molar-refractivity contribution is 6.43. The van der Waals surface area contributed by atoms with E-state index in [1.165, 1.54) is 0 Å². The molecule has 0 unspecified atom stereocenters. The van der Waals surface area contributed by atoms with Crippen molar-refractivity contribution in [3.8, 4) is 0 Å². The van der Waals surface area contributed by atoms with Crippen molar-refractivity contribution in [2.45, 2.75) is 19.3 Å². The fourth-order valence-electron chi connectivity index (χ4n) is 1.69. The normalized spacial score (nSPS) is 14.6. The Morgan fingerprint density at radius 2 is 2.05 bits per heavy atom. The minimum absolute atomic E-state index is 0.0393. The number of anilines is 1. The summed E-state index contributed by atoms with van der Waals surface area (Å²) in [6.07, 6.45) is 2.74. The van der Waals surface area contributed by atoms with Crippen molar-refractivity contribution < 1.29 is 14.3 Å². The fraction of sp³-hybridized carbons (Fsp3) is 0.385. The van der Waals surface area contributed by atoms with Crippen LogP contribution in [0.4, 0.5) is 5.69 Å². The first kappa shape index (κ1) is 14.2. The zero-order chi connectivity index (χ0) is 13.8. The van der Waals surface area contributed by atoms with Crippen LogP contribution in [0.2, 0.25) is 10.0 Å². The Hall–Kier alpha value is -1.26. The molecule has 19 heavy (non-hydrogen) atoms. The fourth-order valence-corrected chi connectivity index (χ4v) is 2.03. The van der Waals surface area contributed by atoms with E-state index in [1.807, 2.05) is 0 Å². The van der Waals surface area contributed by atoms with Gasteiger partial charge in [-0.05, 0) is 25.0 Å². The smallest absolute Gasteiger partial charge is 0.309 e. The van der Waals surface area contributed by atoms with E-state index in [0.717, 1.165) is 19.3 Å². The number of amides is 1. The molecule has 6 heteroatoms. The Balaban J connectivity index is 1.83. The number of nitrogens with one attached hydrogen (secondary N) is 1. The summed E-state index contributed by atoms with van der Waals surface area (Å²) in [5.41, 5.74) is 0.402. The van der Waals surface area contributed by atoms with Gasteiger partial charge in [0.1, 0.15) is 0 Å². The van der Waals surface area contributed by atoms with Gasteiger partial charge >= 0.3 is 5.97 Å². The molecule has 102 valence electrons. The highest BCUT2D eigenvalue weighted by atomic mass is 35.5. The first-order valence-corrected chi connectivity index (χ1v) is 6.74. The summed E-state index contributed by atoms with van der Waals surface area (Å²) >= 11 is 11.8.